The summed E-state index contributed by atoms with van der Waals surface area (Å²) in [5, 5.41) is 21.2. The third kappa shape index (κ3) is 5.30. The molecule has 1 fully saturated rings. The van der Waals surface area contributed by atoms with Gasteiger partial charge in [0, 0.05) is 19.6 Å². The lowest BCUT2D eigenvalue weighted by atomic mass is 9.88. The standard InChI is InChI=1S/C19H25N3O3/c1-14-3-4-16(15(2)11-14)12-17(23)21-19(13-20)6-9-22(10-7-19)8-5-18(24)25/h3-4,11H,5-10,12H2,1-2H3,(H,21,23)(H,24,25). The summed E-state index contributed by atoms with van der Waals surface area (Å²) in [5.41, 5.74) is 2.35. The van der Waals surface area contributed by atoms with E-state index in [2.05, 4.69) is 11.4 Å². The molecule has 0 unspecified atom stereocenters. The number of carboxylic acids is 1. The largest absolute Gasteiger partial charge is 0.481 e. The van der Waals surface area contributed by atoms with E-state index in [1.54, 1.807) is 0 Å². The smallest absolute Gasteiger partial charge is 0.304 e. The van der Waals surface area contributed by atoms with E-state index in [0.717, 1.165) is 16.7 Å². The number of carbonyl (C=O) groups is 2. The van der Waals surface area contributed by atoms with Crippen LogP contribution < -0.4 is 5.32 Å². The molecule has 0 saturated carbocycles. The zero-order chi connectivity index (χ0) is 18.4. The summed E-state index contributed by atoms with van der Waals surface area (Å²) in [4.78, 5) is 25.1. The molecule has 1 aliphatic heterocycles. The molecule has 1 saturated heterocycles. The Morgan fingerprint density at radius 2 is 2.00 bits per heavy atom. The summed E-state index contributed by atoms with van der Waals surface area (Å²) in [7, 11) is 0. The Balaban J connectivity index is 1.92. The van der Waals surface area contributed by atoms with E-state index >= 15 is 0 Å². The molecule has 1 amide bonds. The lowest BCUT2D eigenvalue weighted by Crippen LogP contribution is -2.55. The van der Waals surface area contributed by atoms with Crippen LogP contribution in [0.2, 0.25) is 0 Å². The summed E-state index contributed by atoms with van der Waals surface area (Å²) < 4.78 is 0. The zero-order valence-electron chi connectivity index (χ0n) is 14.8. The van der Waals surface area contributed by atoms with Crippen molar-refractivity contribution in [2.45, 2.75) is 45.1 Å². The highest BCUT2D eigenvalue weighted by molar-refractivity contribution is 5.80. The second kappa shape index (κ2) is 8.13. The Hall–Kier alpha value is -2.39. The minimum atomic E-state index is -0.852. The van der Waals surface area contributed by atoms with Crippen LogP contribution in [-0.2, 0) is 16.0 Å². The van der Waals surface area contributed by atoms with Crippen molar-refractivity contribution < 1.29 is 14.7 Å². The maximum atomic E-state index is 12.4. The molecule has 2 rings (SSSR count). The Morgan fingerprint density at radius 3 is 2.56 bits per heavy atom. The van der Waals surface area contributed by atoms with E-state index < -0.39 is 11.5 Å². The third-order valence-corrected chi connectivity index (χ3v) is 4.79. The quantitative estimate of drug-likeness (QED) is 0.821. The van der Waals surface area contributed by atoms with Crippen LogP contribution in [0.15, 0.2) is 18.2 Å². The van der Waals surface area contributed by atoms with E-state index in [9.17, 15) is 14.9 Å². The highest BCUT2D eigenvalue weighted by Gasteiger charge is 2.36. The Morgan fingerprint density at radius 1 is 1.32 bits per heavy atom. The van der Waals surface area contributed by atoms with Gasteiger partial charge in [0.2, 0.25) is 5.91 Å². The number of rotatable bonds is 6. The molecule has 0 aromatic heterocycles. The molecular formula is C19H25N3O3. The van der Waals surface area contributed by atoms with Crippen LogP contribution in [0.1, 0.15) is 36.0 Å². The number of aliphatic carboxylic acids is 1. The molecule has 6 heteroatoms. The van der Waals surface area contributed by atoms with Gasteiger partial charge in [-0.15, -0.1) is 0 Å². The Bertz CT molecular complexity index is 686. The van der Waals surface area contributed by atoms with Crippen molar-refractivity contribution in [3.05, 3.63) is 34.9 Å². The first kappa shape index (κ1) is 18.9. The second-order valence-electron chi connectivity index (χ2n) is 6.83. The fraction of sp³-hybridized carbons (Fsp3) is 0.526. The molecule has 0 radical (unpaired) electrons. The summed E-state index contributed by atoms with van der Waals surface area (Å²) >= 11 is 0. The number of amides is 1. The molecule has 0 spiro atoms. The van der Waals surface area contributed by atoms with Crippen LogP contribution >= 0.6 is 0 Å². The number of aryl methyl sites for hydroxylation is 2. The lowest BCUT2D eigenvalue weighted by molar-refractivity contribution is -0.137. The summed E-state index contributed by atoms with van der Waals surface area (Å²) in [5.74, 6) is -0.966. The molecule has 0 atom stereocenters. The predicted molar refractivity (Wildman–Crippen MR) is 94.0 cm³/mol. The minimum absolute atomic E-state index is 0.0958. The SMILES string of the molecule is Cc1ccc(CC(=O)NC2(C#N)CCN(CCC(=O)O)CC2)c(C)c1. The van der Waals surface area contributed by atoms with Crippen molar-refractivity contribution in [2.24, 2.45) is 0 Å². The molecule has 1 aliphatic rings. The number of carboxylic acid groups (broad SMARTS) is 1. The molecule has 1 aromatic carbocycles. The van der Waals surface area contributed by atoms with Crippen molar-refractivity contribution >= 4 is 11.9 Å². The van der Waals surface area contributed by atoms with Crippen LogP contribution in [0.5, 0.6) is 0 Å². The number of piperidine rings is 1. The monoisotopic (exact) mass is 343 g/mol. The van der Waals surface area contributed by atoms with Gasteiger partial charge in [-0.1, -0.05) is 23.8 Å². The van der Waals surface area contributed by atoms with E-state index in [0.29, 0.717) is 32.5 Å². The third-order valence-electron chi connectivity index (χ3n) is 4.79. The molecule has 0 bridgehead atoms. The first-order valence-electron chi connectivity index (χ1n) is 8.56. The first-order chi connectivity index (χ1) is 11.8. The molecule has 1 heterocycles. The van der Waals surface area contributed by atoms with E-state index in [1.165, 1.54) is 0 Å². The van der Waals surface area contributed by atoms with Gasteiger partial charge in [0.15, 0.2) is 0 Å². The Labute approximate surface area is 148 Å². The number of hydrogen-bond donors (Lipinski definition) is 2. The van der Waals surface area contributed by atoms with Crippen molar-refractivity contribution in [3.63, 3.8) is 0 Å². The topological polar surface area (TPSA) is 93.4 Å². The molecule has 25 heavy (non-hydrogen) atoms. The van der Waals surface area contributed by atoms with E-state index in [-0.39, 0.29) is 18.7 Å². The fourth-order valence-corrected chi connectivity index (χ4v) is 3.21. The van der Waals surface area contributed by atoms with Crippen molar-refractivity contribution in [2.75, 3.05) is 19.6 Å². The average Bonchev–Trinajstić information content (AvgIpc) is 2.57. The van der Waals surface area contributed by atoms with Gasteiger partial charge >= 0.3 is 5.97 Å². The molecular weight excluding hydrogens is 318 g/mol. The second-order valence-corrected chi connectivity index (χ2v) is 6.83. The summed E-state index contributed by atoms with van der Waals surface area (Å²) in [6.45, 7) is 5.71. The van der Waals surface area contributed by atoms with E-state index in [1.807, 2.05) is 36.9 Å². The van der Waals surface area contributed by atoms with Crippen molar-refractivity contribution in [1.29, 1.82) is 5.26 Å². The van der Waals surface area contributed by atoms with Gasteiger partial charge in [0.25, 0.3) is 0 Å². The lowest BCUT2D eigenvalue weighted by Gasteiger charge is -2.37. The van der Waals surface area contributed by atoms with Gasteiger partial charge in [0.1, 0.15) is 5.54 Å². The maximum Gasteiger partial charge on any atom is 0.304 e. The number of hydrogen-bond acceptors (Lipinski definition) is 4. The normalized spacial score (nSPS) is 16.8. The minimum Gasteiger partial charge on any atom is -0.481 e. The van der Waals surface area contributed by atoms with Gasteiger partial charge in [-0.05, 0) is 37.8 Å². The zero-order valence-corrected chi connectivity index (χ0v) is 14.8. The number of likely N-dealkylation sites (tertiary alicyclic amines) is 1. The number of nitriles is 1. The molecule has 2 N–H and O–H groups in total. The number of carbonyl (C=O) groups excluding carboxylic acids is 1. The highest BCUT2D eigenvalue weighted by Crippen LogP contribution is 2.22. The van der Waals surface area contributed by atoms with Crippen molar-refractivity contribution in [1.82, 2.24) is 10.2 Å². The average molecular weight is 343 g/mol. The molecule has 6 nitrogen and oxygen atoms in total. The first-order valence-corrected chi connectivity index (χ1v) is 8.56. The van der Waals surface area contributed by atoms with Crippen molar-refractivity contribution in [3.8, 4) is 6.07 Å². The molecule has 1 aromatic rings. The predicted octanol–water partition coefficient (Wildman–Crippen LogP) is 1.80. The summed E-state index contributed by atoms with van der Waals surface area (Å²) in [6, 6.07) is 8.25. The van der Waals surface area contributed by atoms with Gasteiger partial charge < -0.3 is 15.3 Å². The van der Waals surface area contributed by atoms with Crippen LogP contribution in [0.4, 0.5) is 0 Å². The maximum absolute atomic E-state index is 12.4. The molecule has 0 aliphatic carbocycles. The number of nitrogens with one attached hydrogen (secondary N) is 1. The summed E-state index contributed by atoms with van der Waals surface area (Å²) in [6.07, 6.45) is 1.39. The number of benzene rings is 1. The van der Waals surface area contributed by atoms with Gasteiger partial charge in [-0.25, -0.2) is 0 Å². The van der Waals surface area contributed by atoms with Crippen LogP contribution in [-0.4, -0.2) is 47.1 Å². The van der Waals surface area contributed by atoms with Crippen LogP contribution in [0, 0.1) is 25.2 Å². The Kier molecular flexibility index (Phi) is 6.16. The number of nitrogens with zero attached hydrogens (tertiary/aromatic N) is 2. The van der Waals surface area contributed by atoms with Gasteiger partial charge in [0.05, 0.1) is 18.9 Å². The van der Waals surface area contributed by atoms with Crippen LogP contribution in [0.3, 0.4) is 0 Å². The van der Waals surface area contributed by atoms with Gasteiger partial charge in [-0.3, -0.25) is 9.59 Å². The highest BCUT2D eigenvalue weighted by atomic mass is 16.4. The van der Waals surface area contributed by atoms with Crippen LogP contribution in [0.25, 0.3) is 0 Å². The molecule has 134 valence electrons. The van der Waals surface area contributed by atoms with Gasteiger partial charge in [-0.2, -0.15) is 5.26 Å². The fourth-order valence-electron chi connectivity index (χ4n) is 3.21. The van der Waals surface area contributed by atoms with E-state index in [4.69, 9.17) is 5.11 Å².